The highest BCUT2D eigenvalue weighted by molar-refractivity contribution is 5.19. The molecule has 0 heterocycles. The topological polar surface area (TPSA) is 32.3 Å². The van der Waals surface area contributed by atoms with E-state index >= 15 is 0 Å². The Morgan fingerprint density at radius 2 is 1.83 bits per heavy atom. The number of aliphatic hydroxyl groups is 1. The molecule has 18 heavy (non-hydrogen) atoms. The maximum absolute atomic E-state index is 12.5. The van der Waals surface area contributed by atoms with Crippen molar-refractivity contribution < 1.29 is 18.3 Å². The number of hydrogen-bond donors (Lipinski definition) is 2. The third kappa shape index (κ3) is 5.06. The number of rotatable bonds is 6. The first-order valence-electron chi connectivity index (χ1n) is 5.95. The molecule has 5 heteroatoms. The quantitative estimate of drug-likeness (QED) is 0.825. The number of alkyl halides is 3. The van der Waals surface area contributed by atoms with E-state index < -0.39 is 18.6 Å². The van der Waals surface area contributed by atoms with Crippen molar-refractivity contribution in [2.45, 2.75) is 38.0 Å². The first-order chi connectivity index (χ1) is 8.46. The molecule has 0 saturated carbocycles. The molecule has 2 unspecified atom stereocenters. The van der Waals surface area contributed by atoms with Crippen LogP contribution in [0.5, 0.6) is 0 Å². The van der Waals surface area contributed by atoms with E-state index in [2.05, 4.69) is 5.32 Å². The molecule has 1 rings (SSSR count). The second-order valence-electron chi connectivity index (χ2n) is 4.24. The molecule has 102 valence electrons. The first kappa shape index (κ1) is 15.0. The van der Waals surface area contributed by atoms with E-state index in [9.17, 15) is 13.2 Å². The summed E-state index contributed by atoms with van der Waals surface area (Å²) in [5, 5.41) is 11.9. The summed E-state index contributed by atoms with van der Waals surface area (Å²) in [7, 11) is 0. The molecule has 2 N–H and O–H groups in total. The zero-order valence-electron chi connectivity index (χ0n) is 10.2. The Bertz CT molecular complexity index is 336. The normalized spacial score (nSPS) is 15.4. The number of benzene rings is 1. The summed E-state index contributed by atoms with van der Waals surface area (Å²) in [6.07, 6.45) is -4.59. The molecule has 2 nitrogen and oxygen atoms in total. The summed E-state index contributed by atoms with van der Waals surface area (Å²) in [5.41, 5.74) is 0.585. The van der Waals surface area contributed by atoms with Crippen molar-refractivity contribution in [2.24, 2.45) is 0 Å². The summed E-state index contributed by atoms with van der Waals surface area (Å²) in [5.74, 6) is 0. The van der Waals surface area contributed by atoms with Crippen LogP contribution in [0.3, 0.4) is 0 Å². The van der Waals surface area contributed by atoms with Gasteiger partial charge in [0.2, 0.25) is 0 Å². The van der Waals surface area contributed by atoms with E-state index in [0.29, 0.717) is 12.0 Å². The van der Waals surface area contributed by atoms with Crippen molar-refractivity contribution in [3.63, 3.8) is 0 Å². The average molecular weight is 261 g/mol. The lowest BCUT2D eigenvalue weighted by molar-refractivity contribution is -0.141. The van der Waals surface area contributed by atoms with Crippen molar-refractivity contribution in [2.75, 3.05) is 6.61 Å². The Kier molecular flexibility index (Phi) is 5.62. The largest absolute Gasteiger partial charge is 0.395 e. The van der Waals surface area contributed by atoms with Gasteiger partial charge in [0.05, 0.1) is 13.0 Å². The van der Waals surface area contributed by atoms with Crippen LogP contribution >= 0.6 is 0 Å². The van der Waals surface area contributed by atoms with Gasteiger partial charge in [-0.05, 0) is 12.0 Å². The summed E-state index contributed by atoms with van der Waals surface area (Å²) in [6, 6.07) is 7.36. The van der Waals surface area contributed by atoms with Gasteiger partial charge >= 0.3 is 6.18 Å². The summed E-state index contributed by atoms with van der Waals surface area (Å²) in [6.45, 7) is 1.65. The predicted octanol–water partition coefficient (Wildman–Crippen LogP) is 3.04. The molecular weight excluding hydrogens is 243 g/mol. The lowest BCUT2D eigenvalue weighted by atomic mass is 10.0. The van der Waals surface area contributed by atoms with Crippen LogP contribution in [0, 0.1) is 0 Å². The molecule has 0 spiro atoms. The van der Waals surface area contributed by atoms with Crippen LogP contribution in [-0.2, 0) is 0 Å². The number of nitrogens with one attached hydrogen (secondary N) is 1. The number of halogens is 3. The third-order valence-electron chi connectivity index (χ3n) is 2.79. The van der Waals surface area contributed by atoms with Gasteiger partial charge in [0.15, 0.2) is 0 Å². The summed E-state index contributed by atoms with van der Waals surface area (Å²) >= 11 is 0. The van der Waals surface area contributed by atoms with Gasteiger partial charge < -0.3 is 10.4 Å². The lowest BCUT2D eigenvalue weighted by Crippen LogP contribution is -2.37. The Morgan fingerprint density at radius 3 is 2.28 bits per heavy atom. The molecule has 1 aromatic carbocycles. The molecule has 0 aromatic heterocycles. The molecule has 0 saturated heterocycles. The SMILES string of the molecule is CCC(CO)NC(CC(F)(F)F)c1ccccc1. The third-order valence-corrected chi connectivity index (χ3v) is 2.79. The van der Waals surface area contributed by atoms with Crippen molar-refractivity contribution in [3.8, 4) is 0 Å². The summed E-state index contributed by atoms with van der Waals surface area (Å²) < 4.78 is 37.6. The standard InChI is InChI=1S/C13H18F3NO/c1-2-11(9-18)17-12(8-13(14,15)16)10-6-4-3-5-7-10/h3-7,11-12,17-18H,2,8-9H2,1H3. The fourth-order valence-electron chi connectivity index (χ4n) is 1.77. The van der Waals surface area contributed by atoms with Gasteiger partial charge in [-0.25, -0.2) is 0 Å². The van der Waals surface area contributed by atoms with Gasteiger partial charge in [0.1, 0.15) is 0 Å². The van der Waals surface area contributed by atoms with E-state index in [4.69, 9.17) is 5.11 Å². The lowest BCUT2D eigenvalue weighted by Gasteiger charge is -2.25. The monoisotopic (exact) mass is 261 g/mol. The molecule has 0 aliphatic rings. The highest BCUT2D eigenvalue weighted by Crippen LogP contribution is 2.29. The molecule has 0 aliphatic heterocycles. The van der Waals surface area contributed by atoms with Gasteiger partial charge in [-0.1, -0.05) is 37.3 Å². The molecule has 2 atom stereocenters. The first-order valence-corrected chi connectivity index (χ1v) is 5.95. The van der Waals surface area contributed by atoms with E-state index in [0.717, 1.165) is 0 Å². The number of hydrogen-bond acceptors (Lipinski definition) is 2. The number of aliphatic hydroxyl groups excluding tert-OH is 1. The van der Waals surface area contributed by atoms with Gasteiger partial charge in [-0.2, -0.15) is 13.2 Å². The molecular formula is C13H18F3NO. The van der Waals surface area contributed by atoms with E-state index in [1.807, 2.05) is 6.92 Å². The van der Waals surface area contributed by atoms with Crippen molar-refractivity contribution in [1.82, 2.24) is 5.32 Å². The van der Waals surface area contributed by atoms with Crippen LogP contribution in [0.4, 0.5) is 13.2 Å². The Labute approximate surface area is 105 Å². The molecule has 0 fully saturated rings. The Morgan fingerprint density at radius 1 is 1.22 bits per heavy atom. The molecule has 0 bridgehead atoms. The van der Waals surface area contributed by atoms with Crippen molar-refractivity contribution in [1.29, 1.82) is 0 Å². The Hall–Kier alpha value is -1.07. The predicted molar refractivity (Wildman–Crippen MR) is 64.2 cm³/mol. The minimum atomic E-state index is -4.23. The van der Waals surface area contributed by atoms with E-state index in [1.54, 1.807) is 30.3 Å². The minimum absolute atomic E-state index is 0.169. The maximum atomic E-state index is 12.5. The van der Waals surface area contributed by atoms with Crippen molar-refractivity contribution in [3.05, 3.63) is 35.9 Å². The smallest absolute Gasteiger partial charge is 0.390 e. The average Bonchev–Trinajstić information content (AvgIpc) is 2.34. The highest BCUT2D eigenvalue weighted by Gasteiger charge is 2.33. The van der Waals surface area contributed by atoms with Crippen LogP contribution in [0.1, 0.15) is 31.4 Å². The fraction of sp³-hybridized carbons (Fsp3) is 0.538. The Balaban J connectivity index is 2.82. The zero-order valence-corrected chi connectivity index (χ0v) is 10.2. The van der Waals surface area contributed by atoms with Crippen LogP contribution in [0.25, 0.3) is 0 Å². The second-order valence-corrected chi connectivity index (χ2v) is 4.24. The van der Waals surface area contributed by atoms with Gasteiger partial charge in [-0.3, -0.25) is 0 Å². The molecule has 0 radical (unpaired) electrons. The van der Waals surface area contributed by atoms with Crippen LogP contribution in [0.15, 0.2) is 30.3 Å². The summed E-state index contributed by atoms with van der Waals surface area (Å²) in [4.78, 5) is 0. The minimum Gasteiger partial charge on any atom is -0.395 e. The van der Waals surface area contributed by atoms with Crippen LogP contribution < -0.4 is 5.32 Å². The second kappa shape index (κ2) is 6.75. The molecule has 0 amide bonds. The van der Waals surface area contributed by atoms with Gasteiger partial charge in [0, 0.05) is 12.1 Å². The molecule has 0 aliphatic carbocycles. The van der Waals surface area contributed by atoms with E-state index in [-0.39, 0.29) is 12.6 Å². The van der Waals surface area contributed by atoms with Crippen molar-refractivity contribution >= 4 is 0 Å². The molecule has 1 aromatic rings. The van der Waals surface area contributed by atoms with Crippen LogP contribution in [-0.4, -0.2) is 23.9 Å². The fourth-order valence-corrected chi connectivity index (χ4v) is 1.77. The van der Waals surface area contributed by atoms with E-state index in [1.165, 1.54) is 0 Å². The van der Waals surface area contributed by atoms with Gasteiger partial charge in [-0.15, -0.1) is 0 Å². The van der Waals surface area contributed by atoms with Gasteiger partial charge in [0.25, 0.3) is 0 Å². The maximum Gasteiger partial charge on any atom is 0.390 e. The zero-order chi connectivity index (χ0) is 13.6. The highest BCUT2D eigenvalue weighted by atomic mass is 19.4. The van der Waals surface area contributed by atoms with Crippen LogP contribution in [0.2, 0.25) is 0 Å².